The van der Waals surface area contributed by atoms with Crippen LogP contribution in [0.2, 0.25) is 5.02 Å². The van der Waals surface area contributed by atoms with Gasteiger partial charge in [0, 0.05) is 7.05 Å². The summed E-state index contributed by atoms with van der Waals surface area (Å²) in [4.78, 5) is 29.9. The average molecular weight is 463 g/mol. The highest BCUT2D eigenvalue weighted by atomic mass is 35.5. The van der Waals surface area contributed by atoms with Crippen LogP contribution in [0.4, 0.5) is 5.69 Å². The van der Waals surface area contributed by atoms with Crippen LogP contribution in [0.1, 0.15) is 5.56 Å². The lowest BCUT2D eigenvalue weighted by atomic mass is 10.2. The molecule has 1 fully saturated rings. The molecule has 0 aromatic heterocycles. The molecular weight excluding hydrogens is 444 g/mol. The Hall–Kier alpha value is -3.17. The Balaban J connectivity index is 1.87. The maximum absolute atomic E-state index is 12.7. The van der Waals surface area contributed by atoms with E-state index in [0.717, 1.165) is 5.75 Å². The summed E-state index contributed by atoms with van der Waals surface area (Å²) in [5.74, 6) is -0.244. The van der Waals surface area contributed by atoms with Gasteiger partial charge < -0.3 is 19.3 Å². The second kappa shape index (κ2) is 9.76. The van der Waals surface area contributed by atoms with Crippen molar-refractivity contribution in [3.63, 3.8) is 0 Å². The van der Waals surface area contributed by atoms with E-state index in [0.29, 0.717) is 21.3 Å². The molecule has 1 aliphatic rings. The van der Waals surface area contributed by atoms with Crippen LogP contribution in [0, 0.1) is 0 Å². The number of methoxy groups -OCH3 is 2. The lowest BCUT2D eigenvalue weighted by molar-refractivity contribution is -0.139. The molecule has 2 aromatic rings. The van der Waals surface area contributed by atoms with Crippen LogP contribution in [-0.4, -0.2) is 54.9 Å². The fraction of sp³-hybridized carbons (Fsp3) is 0.190. The number of likely N-dealkylation sites (N-methyl/N-ethyl adjacent to an activating group) is 1. The van der Waals surface area contributed by atoms with Crippen LogP contribution in [0.5, 0.6) is 17.2 Å². The second-order valence-electron chi connectivity index (χ2n) is 6.28. The van der Waals surface area contributed by atoms with Crippen LogP contribution in [0.25, 0.3) is 6.08 Å². The number of carboxylic acids is 1. The molecule has 0 atom stereocenters. The standard InChI is InChI=1S/C21H19ClN2O6S/c1-24-20(27)17(31-21(24)23-13-4-6-14(28-2)7-5-13)10-12-8-15(22)19(16(9-12)29-3)30-11-18(25)26/h4-10H,11H2,1-3H3,(H,25,26)/b17-10+,23-21?. The number of halogens is 1. The molecular formula is C21H19ClN2O6S. The zero-order valence-electron chi connectivity index (χ0n) is 16.9. The van der Waals surface area contributed by atoms with Gasteiger partial charge in [0.25, 0.3) is 5.91 Å². The lowest BCUT2D eigenvalue weighted by Gasteiger charge is -2.12. The number of hydrogen-bond acceptors (Lipinski definition) is 7. The average Bonchev–Trinajstić information content (AvgIpc) is 3.00. The Kier molecular flexibility index (Phi) is 7.09. The Morgan fingerprint density at radius 1 is 1.23 bits per heavy atom. The highest BCUT2D eigenvalue weighted by molar-refractivity contribution is 8.18. The zero-order valence-corrected chi connectivity index (χ0v) is 18.5. The summed E-state index contributed by atoms with van der Waals surface area (Å²) in [5.41, 5.74) is 1.29. The first-order valence-corrected chi connectivity index (χ1v) is 10.1. The van der Waals surface area contributed by atoms with Gasteiger partial charge in [0.1, 0.15) is 5.75 Å². The molecule has 31 heavy (non-hydrogen) atoms. The molecule has 1 aliphatic heterocycles. The van der Waals surface area contributed by atoms with E-state index >= 15 is 0 Å². The van der Waals surface area contributed by atoms with E-state index < -0.39 is 12.6 Å². The summed E-state index contributed by atoms with van der Waals surface area (Å²) < 4.78 is 15.6. The van der Waals surface area contributed by atoms with Crippen molar-refractivity contribution < 1.29 is 28.9 Å². The summed E-state index contributed by atoms with van der Waals surface area (Å²) in [6, 6.07) is 10.4. The molecule has 0 aliphatic carbocycles. The number of nitrogens with zero attached hydrogens (tertiary/aromatic N) is 2. The van der Waals surface area contributed by atoms with Gasteiger partial charge in [0.2, 0.25) is 0 Å². The van der Waals surface area contributed by atoms with Gasteiger partial charge in [-0.25, -0.2) is 9.79 Å². The fourth-order valence-corrected chi connectivity index (χ4v) is 3.93. The SMILES string of the molecule is COc1ccc(N=C2S/C(=C/c3cc(Cl)c(OCC(=O)O)c(OC)c3)C(=O)N2C)cc1. The predicted molar refractivity (Wildman–Crippen MR) is 120 cm³/mol. The van der Waals surface area contributed by atoms with Crippen molar-refractivity contribution in [3.8, 4) is 17.2 Å². The molecule has 3 rings (SSSR count). The molecule has 0 saturated carbocycles. The lowest BCUT2D eigenvalue weighted by Crippen LogP contribution is -2.23. The Morgan fingerprint density at radius 2 is 1.94 bits per heavy atom. The van der Waals surface area contributed by atoms with Gasteiger partial charge in [-0.05, 0) is 59.8 Å². The molecule has 0 radical (unpaired) electrons. The van der Waals surface area contributed by atoms with Crippen molar-refractivity contribution in [3.05, 3.63) is 51.9 Å². The smallest absolute Gasteiger partial charge is 0.341 e. The highest BCUT2D eigenvalue weighted by Gasteiger charge is 2.30. The summed E-state index contributed by atoms with van der Waals surface area (Å²) >= 11 is 7.47. The third-order valence-electron chi connectivity index (χ3n) is 4.19. The number of carbonyl (C=O) groups excluding carboxylic acids is 1. The van der Waals surface area contributed by atoms with Crippen LogP contribution < -0.4 is 14.2 Å². The van der Waals surface area contributed by atoms with Gasteiger partial charge in [-0.2, -0.15) is 0 Å². The number of thioether (sulfide) groups is 1. The van der Waals surface area contributed by atoms with Crippen LogP contribution in [-0.2, 0) is 9.59 Å². The third kappa shape index (κ3) is 5.31. The topological polar surface area (TPSA) is 97.7 Å². The first kappa shape index (κ1) is 22.5. The molecule has 0 unspecified atom stereocenters. The van der Waals surface area contributed by atoms with Crippen molar-refractivity contribution in [1.29, 1.82) is 0 Å². The quantitative estimate of drug-likeness (QED) is 0.619. The Labute approximate surface area is 188 Å². The molecule has 162 valence electrons. The maximum Gasteiger partial charge on any atom is 0.341 e. The summed E-state index contributed by atoms with van der Waals surface area (Å²) in [6.07, 6.45) is 1.66. The fourth-order valence-electron chi connectivity index (χ4n) is 2.67. The molecule has 1 N–H and O–H groups in total. The minimum absolute atomic E-state index is 0.123. The van der Waals surface area contributed by atoms with E-state index in [1.807, 2.05) is 0 Å². The molecule has 8 nitrogen and oxygen atoms in total. The molecule has 2 aromatic carbocycles. The zero-order chi connectivity index (χ0) is 22.5. The van der Waals surface area contributed by atoms with Crippen molar-refractivity contribution in [2.45, 2.75) is 0 Å². The molecule has 0 spiro atoms. The van der Waals surface area contributed by atoms with Crippen molar-refractivity contribution >= 4 is 52.2 Å². The van der Waals surface area contributed by atoms with E-state index in [-0.39, 0.29) is 22.4 Å². The van der Waals surface area contributed by atoms with E-state index in [1.54, 1.807) is 56.6 Å². The molecule has 1 saturated heterocycles. The summed E-state index contributed by atoms with van der Waals surface area (Å²) in [5, 5.41) is 9.50. The number of aliphatic imine (C=N–C) groups is 1. The first-order valence-electron chi connectivity index (χ1n) is 8.95. The van der Waals surface area contributed by atoms with E-state index in [9.17, 15) is 9.59 Å². The van der Waals surface area contributed by atoms with Crippen LogP contribution in [0.3, 0.4) is 0 Å². The highest BCUT2D eigenvalue weighted by Crippen LogP contribution is 2.39. The van der Waals surface area contributed by atoms with Gasteiger partial charge in [0.05, 0.1) is 29.8 Å². The van der Waals surface area contributed by atoms with Gasteiger partial charge in [-0.1, -0.05) is 11.6 Å². The van der Waals surface area contributed by atoms with E-state index in [4.69, 9.17) is 30.9 Å². The number of amidine groups is 1. The second-order valence-corrected chi connectivity index (χ2v) is 7.70. The Morgan fingerprint density at radius 3 is 2.55 bits per heavy atom. The van der Waals surface area contributed by atoms with Gasteiger partial charge in [-0.3, -0.25) is 9.69 Å². The minimum atomic E-state index is -1.14. The number of benzene rings is 2. The number of carbonyl (C=O) groups is 2. The van der Waals surface area contributed by atoms with Crippen molar-refractivity contribution in [2.75, 3.05) is 27.9 Å². The van der Waals surface area contributed by atoms with E-state index in [1.165, 1.54) is 23.8 Å². The minimum Gasteiger partial charge on any atom is -0.497 e. The number of rotatable bonds is 7. The predicted octanol–water partition coefficient (Wildman–Crippen LogP) is 4.05. The van der Waals surface area contributed by atoms with Crippen molar-refractivity contribution in [1.82, 2.24) is 4.90 Å². The molecule has 0 bridgehead atoms. The van der Waals surface area contributed by atoms with E-state index in [2.05, 4.69) is 4.99 Å². The monoisotopic (exact) mass is 462 g/mol. The third-order valence-corrected chi connectivity index (χ3v) is 5.53. The number of carboxylic acid groups (broad SMARTS) is 1. The maximum atomic E-state index is 12.7. The normalized spacial score (nSPS) is 16.1. The molecule has 10 heteroatoms. The van der Waals surface area contributed by atoms with Gasteiger partial charge >= 0.3 is 5.97 Å². The largest absolute Gasteiger partial charge is 0.497 e. The summed E-state index contributed by atoms with van der Waals surface area (Å²) in [7, 11) is 4.65. The van der Waals surface area contributed by atoms with Crippen LogP contribution >= 0.6 is 23.4 Å². The number of hydrogen-bond donors (Lipinski definition) is 1. The Bertz CT molecular complexity index is 1070. The summed E-state index contributed by atoms with van der Waals surface area (Å²) in [6.45, 7) is -0.555. The first-order chi connectivity index (χ1) is 14.8. The van der Waals surface area contributed by atoms with Gasteiger partial charge in [0.15, 0.2) is 23.3 Å². The van der Waals surface area contributed by atoms with Crippen molar-refractivity contribution in [2.24, 2.45) is 4.99 Å². The van der Waals surface area contributed by atoms with Crippen LogP contribution in [0.15, 0.2) is 46.3 Å². The molecule has 1 heterocycles. The molecule has 1 amide bonds. The number of ether oxygens (including phenoxy) is 3. The number of amides is 1. The number of aliphatic carboxylic acids is 1. The van der Waals surface area contributed by atoms with Gasteiger partial charge in [-0.15, -0.1) is 0 Å².